The largest absolute Gasteiger partial charge is 0.464 e. The molecule has 1 aromatic heterocycles. The lowest BCUT2D eigenvalue weighted by molar-refractivity contribution is -0.145. The molecule has 0 amide bonds. The molecule has 2 aromatic rings. The Bertz CT molecular complexity index is 840. The first-order valence-electron chi connectivity index (χ1n) is 9.72. The zero-order valence-electron chi connectivity index (χ0n) is 16.0. The number of carbonyl (C=O) groups is 1. The molecule has 0 bridgehead atoms. The summed E-state index contributed by atoms with van der Waals surface area (Å²) in [5.74, 6) is -0.707. The maximum Gasteiger partial charge on any atom is 0.329 e. The van der Waals surface area contributed by atoms with E-state index in [1.807, 2.05) is 38.1 Å². The summed E-state index contributed by atoms with van der Waals surface area (Å²) in [7, 11) is 0. The number of piperidine rings is 1. The molecule has 0 unspecified atom stereocenters. The first kappa shape index (κ1) is 19.1. The summed E-state index contributed by atoms with van der Waals surface area (Å²) >= 11 is 0. The Balaban J connectivity index is 1.98. The molecule has 6 nitrogen and oxygen atoms in total. The lowest BCUT2D eigenvalue weighted by atomic mass is 10.0. The van der Waals surface area contributed by atoms with Crippen LogP contribution in [0.5, 0.6) is 0 Å². The van der Waals surface area contributed by atoms with Gasteiger partial charge in [0.2, 0.25) is 0 Å². The summed E-state index contributed by atoms with van der Waals surface area (Å²) in [6.07, 6.45) is 4.25. The maximum atomic E-state index is 12.6. The summed E-state index contributed by atoms with van der Waals surface area (Å²) in [5.41, 5.74) is 1.86. The second-order valence-electron chi connectivity index (χ2n) is 7.17. The molecule has 0 N–H and O–H groups in total. The van der Waals surface area contributed by atoms with Gasteiger partial charge in [-0.15, -0.1) is 0 Å². The Labute approximate surface area is 160 Å². The highest BCUT2D eigenvalue weighted by Crippen LogP contribution is 2.29. The number of nitrogens with zero attached hydrogens (tertiary/aromatic N) is 4. The van der Waals surface area contributed by atoms with Crippen LogP contribution in [-0.4, -0.2) is 35.6 Å². The van der Waals surface area contributed by atoms with Gasteiger partial charge in [-0.1, -0.05) is 32.4 Å². The molecule has 0 aliphatic carbocycles. The quantitative estimate of drug-likeness (QED) is 0.723. The Kier molecular flexibility index (Phi) is 6.23. The number of aromatic nitrogens is 2. The lowest BCUT2D eigenvalue weighted by Crippen LogP contribution is -2.32. The number of rotatable bonds is 6. The molecule has 6 heteroatoms. The van der Waals surface area contributed by atoms with Gasteiger partial charge in [-0.2, -0.15) is 5.26 Å². The molecule has 2 atom stereocenters. The minimum absolute atomic E-state index is 0.262. The molecule has 1 saturated heterocycles. The molecule has 1 fully saturated rings. The van der Waals surface area contributed by atoms with Crippen molar-refractivity contribution >= 4 is 22.8 Å². The third kappa shape index (κ3) is 4.36. The molecule has 0 saturated carbocycles. The summed E-state index contributed by atoms with van der Waals surface area (Å²) in [4.78, 5) is 24.2. The van der Waals surface area contributed by atoms with Crippen molar-refractivity contribution in [1.29, 1.82) is 5.26 Å². The van der Waals surface area contributed by atoms with Gasteiger partial charge in [-0.25, -0.2) is 9.97 Å². The molecular weight excluding hydrogens is 340 g/mol. The molecule has 0 radical (unpaired) electrons. The highest BCUT2D eigenvalue weighted by Gasteiger charge is 2.30. The summed E-state index contributed by atoms with van der Waals surface area (Å²) in [5, 5.41) is 9.73. The normalized spacial score (nSPS) is 16.6. The van der Waals surface area contributed by atoms with Crippen LogP contribution >= 0.6 is 0 Å². The fourth-order valence-electron chi connectivity index (χ4n) is 3.19. The monoisotopic (exact) mass is 366 g/mol. The van der Waals surface area contributed by atoms with Crippen molar-refractivity contribution < 1.29 is 9.53 Å². The summed E-state index contributed by atoms with van der Waals surface area (Å²) in [6, 6.07) is 9.65. The van der Waals surface area contributed by atoms with E-state index in [4.69, 9.17) is 9.72 Å². The molecule has 142 valence electrons. The van der Waals surface area contributed by atoms with E-state index in [2.05, 4.69) is 16.0 Å². The predicted molar refractivity (Wildman–Crippen MR) is 104 cm³/mol. The van der Waals surface area contributed by atoms with Gasteiger partial charge in [0.25, 0.3) is 0 Å². The standard InChI is InChI=1S/C21H26N4O2/c1-3-15(2)14-27-21(26)16(13-22)19-20(25-11-7-4-8-12-25)24-18-10-6-5-9-17(18)23-19/h5-6,9-10,15-16H,3-4,7-8,11-12,14H2,1-2H3/t15-,16+/m0/s1. The van der Waals surface area contributed by atoms with E-state index in [1.54, 1.807) is 0 Å². The highest BCUT2D eigenvalue weighted by molar-refractivity contribution is 5.85. The van der Waals surface area contributed by atoms with Crippen LogP contribution in [0.15, 0.2) is 24.3 Å². The van der Waals surface area contributed by atoms with Gasteiger partial charge < -0.3 is 9.64 Å². The number of hydrogen-bond donors (Lipinski definition) is 0. The van der Waals surface area contributed by atoms with Crippen molar-refractivity contribution in [1.82, 2.24) is 9.97 Å². The fourth-order valence-corrected chi connectivity index (χ4v) is 3.19. The van der Waals surface area contributed by atoms with Crippen LogP contribution in [0.1, 0.15) is 51.1 Å². The minimum Gasteiger partial charge on any atom is -0.464 e. The molecule has 3 rings (SSSR count). The van der Waals surface area contributed by atoms with E-state index >= 15 is 0 Å². The van der Waals surface area contributed by atoms with Crippen LogP contribution in [0.2, 0.25) is 0 Å². The number of para-hydroxylation sites is 2. The van der Waals surface area contributed by atoms with Crippen LogP contribution < -0.4 is 4.90 Å². The van der Waals surface area contributed by atoms with Gasteiger partial charge >= 0.3 is 5.97 Å². The molecule has 1 aliphatic heterocycles. The molecule has 1 aliphatic rings. The van der Waals surface area contributed by atoms with Gasteiger partial charge in [0, 0.05) is 13.1 Å². The van der Waals surface area contributed by atoms with Crippen LogP contribution in [-0.2, 0) is 9.53 Å². The molecule has 1 aromatic carbocycles. The van der Waals surface area contributed by atoms with E-state index < -0.39 is 11.9 Å². The van der Waals surface area contributed by atoms with E-state index in [-0.39, 0.29) is 5.92 Å². The van der Waals surface area contributed by atoms with Crippen molar-refractivity contribution in [2.45, 2.75) is 45.4 Å². The Morgan fingerprint density at radius 1 is 1.22 bits per heavy atom. The molecular formula is C21H26N4O2. The van der Waals surface area contributed by atoms with E-state index in [0.717, 1.165) is 37.9 Å². The van der Waals surface area contributed by atoms with Gasteiger partial charge in [-0.3, -0.25) is 4.79 Å². The highest BCUT2D eigenvalue weighted by atomic mass is 16.5. The first-order valence-corrected chi connectivity index (χ1v) is 9.72. The van der Waals surface area contributed by atoms with Crippen LogP contribution in [0.25, 0.3) is 11.0 Å². The zero-order chi connectivity index (χ0) is 19.2. The summed E-state index contributed by atoms with van der Waals surface area (Å²) in [6.45, 7) is 6.10. The topological polar surface area (TPSA) is 79.1 Å². The van der Waals surface area contributed by atoms with Gasteiger partial charge in [0.15, 0.2) is 11.7 Å². The minimum atomic E-state index is -1.07. The maximum absolute atomic E-state index is 12.6. The van der Waals surface area contributed by atoms with Crippen molar-refractivity contribution in [2.75, 3.05) is 24.6 Å². The van der Waals surface area contributed by atoms with Crippen molar-refractivity contribution in [2.24, 2.45) is 5.92 Å². The van der Waals surface area contributed by atoms with Crippen LogP contribution in [0, 0.1) is 17.2 Å². The SMILES string of the molecule is CC[C@H](C)COC(=O)[C@H](C#N)c1nc2ccccc2nc1N1CCCCC1. The number of benzene rings is 1. The second-order valence-corrected chi connectivity index (χ2v) is 7.17. The number of hydrogen-bond acceptors (Lipinski definition) is 6. The van der Waals surface area contributed by atoms with Crippen LogP contribution in [0.4, 0.5) is 5.82 Å². The number of esters is 1. The van der Waals surface area contributed by atoms with Gasteiger partial charge in [0.05, 0.1) is 23.7 Å². The van der Waals surface area contributed by atoms with Crippen molar-refractivity contribution in [3.8, 4) is 6.07 Å². The fraction of sp³-hybridized carbons (Fsp3) is 0.524. The first-order chi connectivity index (χ1) is 13.1. The number of ether oxygens (including phenoxy) is 1. The van der Waals surface area contributed by atoms with Crippen molar-refractivity contribution in [3.05, 3.63) is 30.0 Å². The number of fused-ring (bicyclic) bond motifs is 1. The Morgan fingerprint density at radius 3 is 2.52 bits per heavy atom. The van der Waals surface area contributed by atoms with Crippen LogP contribution in [0.3, 0.4) is 0 Å². The van der Waals surface area contributed by atoms with Gasteiger partial charge in [0.1, 0.15) is 5.69 Å². The number of nitriles is 1. The van der Waals surface area contributed by atoms with E-state index in [1.165, 1.54) is 6.42 Å². The third-order valence-corrected chi connectivity index (χ3v) is 5.08. The average molecular weight is 366 g/mol. The number of anilines is 1. The second kappa shape index (κ2) is 8.81. The predicted octanol–water partition coefficient (Wildman–Crippen LogP) is 3.82. The molecule has 0 spiro atoms. The van der Waals surface area contributed by atoms with E-state index in [9.17, 15) is 10.1 Å². The smallest absolute Gasteiger partial charge is 0.329 e. The van der Waals surface area contributed by atoms with E-state index in [0.29, 0.717) is 23.6 Å². The average Bonchev–Trinajstić information content (AvgIpc) is 2.72. The zero-order valence-corrected chi connectivity index (χ0v) is 16.0. The Morgan fingerprint density at radius 2 is 1.89 bits per heavy atom. The molecule has 27 heavy (non-hydrogen) atoms. The third-order valence-electron chi connectivity index (χ3n) is 5.08. The number of carbonyl (C=O) groups excluding carboxylic acids is 1. The van der Waals surface area contributed by atoms with Gasteiger partial charge in [-0.05, 0) is 37.3 Å². The summed E-state index contributed by atoms with van der Waals surface area (Å²) < 4.78 is 5.41. The lowest BCUT2D eigenvalue weighted by Gasteiger charge is -2.29. The Hall–Kier alpha value is -2.68. The van der Waals surface area contributed by atoms with Crippen molar-refractivity contribution in [3.63, 3.8) is 0 Å². The molecule has 2 heterocycles.